The number of aromatic nitrogens is 2. The van der Waals surface area contributed by atoms with Gasteiger partial charge < -0.3 is 4.52 Å². The average Bonchev–Trinajstić information content (AvgIpc) is 3.11. The molecule has 23 heavy (non-hydrogen) atoms. The maximum Gasteiger partial charge on any atom is 0.232 e. The van der Waals surface area contributed by atoms with E-state index in [-0.39, 0.29) is 5.41 Å². The fraction of sp³-hybridized carbons (Fsp3) is 0.579. The van der Waals surface area contributed by atoms with Crippen LogP contribution in [0.25, 0.3) is 0 Å². The molecule has 124 valence electrons. The number of nitrogens with zero attached hydrogens (tertiary/aromatic N) is 3. The molecule has 0 radical (unpaired) electrons. The third-order valence-electron chi connectivity index (χ3n) is 4.73. The summed E-state index contributed by atoms with van der Waals surface area (Å²) in [6, 6.07) is 7.29. The minimum atomic E-state index is -0.0935. The van der Waals surface area contributed by atoms with Crippen molar-refractivity contribution in [2.75, 3.05) is 6.54 Å². The van der Waals surface area contributed by atoms with Crippen molar-refractivity contribution in [3.05, 3.63) is 46.6 Å². The molecule has 1 aromatic carbocycles. The highest BCUT2D eigenvalue weighted by molar-refractivity contribution is 5.32. The molecular formula is C19H27N3O. The van der Waals surface area contributed by atoms with Gasteiger partial charge in [0.1, 0.15) is 0 Å². The molecule has 0 saturated carbocycles. The van der Waals surface area contributed by atoms with E-state index in [1.54, 1.807) is 0 Å². The summed E-state index contributed by atoms with van der Waals surface area (Å²) >= 11 is 0. The summed E-state index contributed by atoms with van der Waals surface area (Å²) in [6.07, 6.45) is 2.42. The van der Waals surface area contributed by atoms with Crippen LogP contribution in [0.5, 0.6) is 0 Å². The average molecular weight is 313 g/mol. The minimum absolute atomic E-state index is 0.0935. The van der Waals surface area contributed by atoms with Gasteiger partial charge in [-0.1, -0.05) is 44.1 Å². The van der Waals surface area contributed by atoms with E-state index < -0.39 is 0 Å². The SMILES string of the molecule is Cc1ccc([C@H]2CCCN2Cc2noc(C(C)(C)C)n2)cc1C. The van der Waals surface area contributed by atoms with Gasteiger partial charge in [-0.2, -0.15) is 4.98 Å². The Morgan fingerprint density at radius 3 is 2.65 bits per heavy atom. The van der Waals surface area contributed by atoms with Crippen molar-refractivity contribution in [2.24, 2.45) is 0 Å². The summed E-state index contributed by atoms with van der Waals surface area (Å²) in [7, 11) is 0. The summed E-state index contributed by atoms with van der Waals surface area (Å²) in [5, 5.41) is 4.18. The molecule has 3 rings (SSSR count). The number of rotatable bonds is 3. The molecule has 0 N–H and O–H groups in total. The lowest BCUT2D eigenvalue weighted by Gasteiger charge is -2.24. The highest BCUT2D eigenvalue weighted by atomic mass is 16.5. The Bertz CT molecular complexity index is 684. The lowest BCUT2D eigenvalue weighted by Crippen LogP contribution is -2.23. The van der Waals surface area contributed by atoms with Crippen LogP contribution in [0.2, 0.25) is 0 Å². The zero-order valence-corrected chi connectivity index (χ0v) is 14.9. The van der Waals surface area contributed by atoms with E-state index in [1.807, 2.05) is 0 Å². The van der Waals surface area contributed by atoms with Crippen molar-refractivity contribution in [3.8, 4) is 0 Å². The normalized spacial score (nSPS) is 19.4. The lowest BCUT2D eigenvalue weighted by molar-refractivity contribution is 0.237. The molecule has 1 aliphatic rings. The van der Waals surface area contributed by atoms with E-state index in [0.717, 1.165) is 24.8 Å². The van der Waals surface area contributed by atoms with E-state index in [2.05, 4.69) is 67.9 Å². The molecule has 0 unspecified atom stereocenters. The van der Waals surface area contributed by atoms with Crippen molar-refractivity contribution in [2.45, 2.75) is 65.5 Å². The highest BCUT2D eigenvalue weighted by Gasteiger charge is 2.28. The van der Waals surface area contributed by atoms with Crippen molar-refractivity contribution < 1.29 is 4.52 Å². The second-order valence-corrected chi connectivity index (χ2v) is 7.74. The van der Waals surface area contributed by atoms with Crippen molar-refractivity contribution in [1.82, 2.24) is 15.0 Å². The summed E-state index contributed by atoms with van der Waals surface area (Å²) < 4.78 is 5.43. The minimum Gasteiger partial charge on any atom is -0.339 e. The molecular weight excluding hydrogens is 286 g/mol. The Hall–Kier alpha value is -1.68. The van der Waals surface area contributed by atoms with Gasteiger partial charge in [-0.05, 0) is 49.9 Å². The zero-order valence-electron chi connectivity index (χ0n) is 14.9. The van der Waals surface area contributed by atoms with Crippen LogP contribution >= 0.6 is 0 Å². The standard InChI is InChI=1S/C19H27N3O/c1-13-8-9-15(11-14(13)2)16-7-6-10-22(16)12-17-20-18(23-21-17)19(3,4)5/h8-9,11,16H,6-7,10,12H2,1-5H3/t16-/m1/s1. The fourth-order valence-electron chi connectivity index (χ4n) is 3.17. The predicted octanol–water partition coefficient (Wildman–Crippen LogP) is 4.32. The molecule has 0 amide bonds. The fourth-order valence-corrected chi connectivity index (χ4v) is 3.17. The summed E-state index contributed by atoms with van der Waals surface area (Å²) in [5.74, 6) is 1.51. The molecule has 1 saturated heterocycles. The van der Waals surface area contributed by atoms with E-state index in [1.165, 1.54) is 29.5 Å². The molecule has 2 aromatic rings. The molecule has 1 fully saturated rings. The maximum atomic E-state index is 5.43. The van der Waals surface area contributed by atoms with Crippen LogP contribution < -0.4 is 0 Å². The Morgan fingerprint density at radius 1 is 1.22 bits per heavy atom. The molecule has 1 aromatic heterocycles. The number of hydrogen-bond acceptors (Lipinski definition) is 4. The van der Waals surface area contributed by atoms with Crippen LogP contribution in [0, 0.1) is 13.8 Å². The van der Waals surface area contributed by atoms with E-state index in [4.69, 9.17) is 4.52 Å². The van der Waals surface area contributed by atoms with Gasteiger partial charge in [0, 0.05) is 11.5 Å². The summed E-state index contributed by atoms with van der Waals surface area (Å²) in [4.78, 5) is 7.06. The topological polar surface area (TPSA) is 42.2 Å². The van der Waals surface area contributed by atoms with Gasteiger partial charge in [-0.25, -0.2) is 0 Å². The third kappa shape index (κ3) is 3.47. The van der Waals surface area contributed by atoms with Crippen molar-refractivity contribution >= 4 is 0 Å². The highest BCUT2D eigenvalue weighted by Crippen LogP contribution is 2.33. The molecule has 0 aliphatic carbocycles. The van der Waals surface area contributed by atoms with Gasteiger partial charge in [0.2, 0.25) is 5.89 Å². The van der Waals surface area contributed by atoms with Gasteiger partial charge in [-0.3, -0.25) is 4.90 Å². The molecule has 1 atom stereocenters. The van der Waals surface area contributed by atoms with E-state index in [0.29, 0.717) is 6.04 Å². The third-order valence-corrected chi connectivity index (χ3v) is 4.73. The largest absolute Gasteiger partial charge is 0.339 e. The zero-order chi connectivity index (χ0) is 16.6. The van der Waals surface area contributed by atoms with Crippen LogP contribution in [0.15, 0.2) is 22.7 Å². The molecule has 4 heteroatoms. The monoisotopic (exact) mass is 313 g/mol. The number of aryl methyl sites for hydroxylation is 2. The quantitative estimate of drug-likeness (QED) is 0.846. The maximum absolute atomic E-state index is 5.43. The molecule has 2 heterocycles. The summed E-state index contributed by atoms with van der Waals surface area (Å²) in [6.45, 7) is 12.5. The lowest BCUT2D eigenvalue weighted by atomic mass is 9.97. The van der Waals surface area contributed by atoms with Crippen LogP contribution in [0.3, 0.4) is 0 Å². The number of benzene rings is 1. The van der Waals surface area contributed by atoms with Gasteiger partial charge in [0.25, 0.3) is 0 Å². The Balaban J connectivity index is 1.76. The van der Waals surface area contributed by atoms with Gasteiger partial charge in [0.05, 0.1) is 6.54 Å². The van der Waals surface area contributed by atoms with Gasteiger partial charge >= 0.3 is 0 Å². The second-order valence-electron chi connectivity index (χ2n) is 7.74. The van der Waals surface area contributed by atoms with E-state index in [9.17, 15) is 0 Å². The van der Waals surface area contributed by atoms with Gasteiger partial charge in [0.15, 0.2) is 5.82 Å². The van der Waals surface area contributed by atoms with E-state index >= 15 is 0 Å². The predicted molar refractivity (Wildman–Crippen MR) is 91.3 cm³/mol. The molecule has 0 bridgehead atoms. The first kappa shape index (κ1) is 16.2. The molecule has 1 aliphatic heterocycles. The molecule has 4 nitrogen and oxygen atoms in total. The first-order chi connectivity index (χ1) is 10.8. The Morgan fingerprint density at radius 2 is 2.00 bits per heavy atom. The first-order valence-corrected chi connectivity index (χ1v) is 8.49. The van der Waals surface area contributed by atoms with Crippen molar-refractivity contribution in [3.63, 3.8) is 0 Å². The Kier molecular flexibility index (Phi) is 4.28. The first-order valence-electron chi connectivity index (χ1n) is 8.49. The number of likely N-dealkylation sites (tertiary alicyclic amines) is 1. The van der Waals surface area contributed by atoms with Gasteiger partial charge in [-0.15, -0.1) is 0 Å². The van der Waals surface area contributed by atoms with Crippen LogP contribution in [-0.4, -0.2) is 21.6 Å². The number of hydrogen-bond donors (Lipinski definition) is 0. The smallest absolute Gasteiger partial charge is 0.232 e. The van der Waals surface area contributed by atoms with Crippen LogP contribution in [0.4, 0.5) is 0 Å². The van der Waals surface area contributed by atoms with Crippen LogP contribution in [0.1, 0.15) is 68.1 Å². The molecule has 0 spiro atoms. The van der Waals surface area contributed by atoms with Crippen molar-refractivity contribution in [1.29, 1.82) is 0 Å². The summed E-state index contributed by atoms with van der Waals surface area (Å²) in [5.41, 5.74) is 4.03. The Labute approximate surface area is 138 Å². The second kappa shape index (κ2) is 6.08. The van der Waals surface area contributed by atoms with Crippen LogP contribution in [-0.2, 0) is 12.0 Å².